The van der Waals surface area contributed by atoms with Crippen LogP contribution in [0.25, 0.3) is 0 Å². The highest BCUT2D eigenvalue weighted by atomic mass is 16.2. The van der Waals surface area contributed by atoms with Crippen molar-refractivity contribution in [1.82, 2.24) is 9.55 Å². The number of carbonyl (C=O) groups is 1. The summed E-state index contributed by atoms with van der Waals surface area (Å²) in [6, 6.07) is 17.4. The number of benzene rings is 2. The van der Waals surface area contributed by atoms with Gasteiger partial charge in [0.1, 0.15) is 5.82 Å². The van der Waals surface area contributed by atoms with Crippen LogP contribution in [0.5, 0.6) is 0 Å². The van der Waals surface area contributed by atoms with Gasteiger partial charge in [0, 0.05) is 18.3 Å². The highest BCUT2D eigenvalue weighted by molar-refractivity contribution is 5.98. The molecule has 1 aromatic heterocycles. The number of aryl methyl sites for hydroxylation is 1. The molecule has 2 aromatic carbocycles. The van der Waals surface area contributed by atoms with Crippen molar-refractivity contribution < 1.29 is 4.79 Å². The quantitative estimate of drug-likeness (QED) is 0.464. The van der Waals surface area contributed by atoms with Crippen molar-refractivity contribution in [3.63, 3.8) is 0 Å². The highest BCUT2D eigenvalue weighted by Crippen LogP contribution is 2.23. The second kappa shape index (κ2) is 11.6. The number of hydrogen-bond acceptors (Lipinski definition) is 5. The Balaban J connectivity index is 2.06. The lowest BCUT2D eigenvalue weighted by Gasteiger charge is -2.32. The molecule has 8 nitrogen and oxygen atoms in total. The number of nitrogens with zero attached hydrogens (tertiary/aromatic N) is 3. The number of anilines is 3. The average molecular weight is 478 g/mol. The van der Waals surface area contributed by atoms with E-state index in [0.29, 0.717) is 6.54 Å². The lowest BCUT2D eigenvalue weighted by molar-refractivity contribution is -0.117. The summed E-state index contributed by atoms with van der Waals surface area (Å²) in [4.78, 5) is 45.0. The number of hydrogen-bond donors (Lipinski definition) is 2. The average Bonchev–Trinajstić information content (AvgIpc) is 2.82. The molecule has 0 unspecified atom stereocenters. The molecule has 1 amide bonds. The van der Waals surface area contributed by atoms with Crippen LogP contribution < -0.4 is 26.8 Å². The first-order chi connectivity index (χ1) is 16.7. The monoisotopic (exact) mass is 477 g/mol. The molecule has 0 bridgehead atoms. The number of aromatic amines is 1. The third-order valence-corrected chi connectivity index (χ3v) is 6.00. The number of H-pyrrole nitrogens is 1. The van der Waals surface area contributed by atoms with Gasteiger partial charge in [-0.05, 0) is 44.9 Å². The first kappa shape index (κ1) is 25.8. The normalized spacial score (nSPS) is 11.0. The Morgan fingerprint density at radius 2 is 1.71 bits per heavy atom. The lowest BCUT2D eigenvalue weighted by atomic mass is 10.1. The molecule has 3 N–H and O–H groups in total. The molecule has 186 valence electrons. The number of nitrogen functional groups attached to an aromatic ring is 1. The van der Waals surface area contributed by atoms with E-state index in [1.165, 1.54) is 9.47 Å². The van der Waals surface area contributed by atoms with Crippen molar-refractivity contribution in [3.8, 4) is 0 Å². The molecule has 0 fully saturated rings. The number of nitrogens with one attached hydrogen (secondary N) is 1. The summed E-state index contributed by atoms with van der Waals surface area (Å²) in [6.07, 6.45) is 1.57. The highest BCUT2D eigenvalue weighted by Gasteiger charge is 2.27. The smallest absolute Gasteiger partial charge is 0.330 e. The largest absolute Gasteiger partial charge is 0.383 e. The van der Waals surface area contributed by atoms with E-state index < -0.39 is 11.2 Å². The second-order valence-corrected chi connectivity index (χ2v) is 9.02. The van der Waals surface area contributed by atoms with E-state index in [-0.39, 0.29) is 36.5 Å². The van der Waals surface area contributed by atoms with Crippen molar-refractivity contribution in [3.05, 3.63) is 86.6 Å². The van der Waals surface area contributed by atoms with Crippen LogP contribution >= 0.6 is 0 Å². The minimum atomic E-state index is -0.670. The predicted octanol–water partition coefficient (Wildman–Crippen LogP) is 3.68. The molecule has 0 aliphatic carbocycles. The van der Waals surface area contributed by atoms with Crippen molar-refractivity contribution in [2.75, 3.05) is 22.1 Å². The predicted molar refractivity (Wildman–Crippen MR) is 142 cm³/mol. The summed E-state index contributed by atoms with van der Waals surface area (Å²) in [7, 11) is 0. The van der Waals surface area contributed by atoms with Crippen LogP contribution in [0.15, 0.2) is 64.2 Å². The van der Waals surface area contributed by atoms with Gasteiger partial charge in [0.05, 0.1) is 13.1 Å². The minimum absolute atomic E-state index is 0.00201. The summed E-state index contributed by atoms with van der Waals surface area (Å²) >= 11 is 0. The molecule has 0 aliphatic rings. The Kier molecular flexibility index (Phi) is 8.52. The molecule has 0 saturated carbocycles. The molecule has 0 atom stereocenters. The topological polar surface area (TPSA) is 104 Å². The summed E-state index contributed by atoms with van der Waals surface area (Å²) in [5, 5.41) is 0. The molecule has 0 radical (unpaired) electrons. The van der Waals surface area contributed by atoms with Gasteiger partial charge in [-0.15, -0.1) is 0 Å². The summed E-state index contributed by atoms with van der Waals surface area (Å²) in [5.74, 6) is -0.288. The Hall–Kier alpha value is -3.81. The van der Waals surface area contributed by atoms with E-state index in [9.17, 15) is 14.4 Å². The maximum Gasteiger partial charge on any atom is 0.330 e. The van der Waals surface area contributed by atoms with E-state index in [0.717, 1.165) is 29.7 Å². The zero-order valence-corrected chi connectivity index (χ0v) is 21.0. The fourth-order valence-electron chi connectivity index (χ4n) is 3.97. The zero-order valence-electron chi connectivity index (χ0n) is 21.0. The molecule has 3 aromatic rings. The fraction of sp³-hybridized carbons (Fsp3) is 0.370. The van der Waals surface area contributed by atoms with E-state index >= 15 is 0 Å². The third-order valence-electron chi connectivity index (χ3n) is 6.00. The minimum Gasteiger partial charge on any atom is -0.383 e. The molecule has 35 heavy (non-hydrogen) atoms. The van der Waals surface area contributed by atoms with Gasteiger partial charge < -0.3 is 10.6 Å². The Bertz CT molecular complexity index is 1250. The van der Waals surface area contributed by atoms with Crippen LogP contribution in [0, 0.1) is 6.92 Å². The maximum atomic E-state index is 13.8. The number of rotatable bonds is 10. The van der Waals surface area contributed by atoms with E-state index in [4.69, 9.17) is 5.73 Å². The number of nitrogens with two attached hydrogens (primary N) is 1. The number of amides is 1. The second-order valence-electron chi connectivity index (χ2n) is 9.02. The number of aromatic nitrogens is 2. The zero-order chi connectivity index (χ0) is 25.5. The van der Waals surface area contributed by atoms with Gasteiger partial charge >= 0.3 is 5.69 Å². The van der Waals surface area contributed by atoms with Crippen LogP contribution in [-0.4, -0.2) is 28.0 Å². The number of unbranched alkanes of at least 4 members (excludes halogenated alkanes) is 1. The Morgan fingerprint density at radius 3 is 2.31 bits per heavy atom. The summed E-state index contributed by atoms with van der Waals surface area (Å²) in [5.41, 5.74) is 8.02. The van der Waals surface area contributed by atoms with Gasteiger partial charge in [-0.25, -0.2) is 4.79 Å². The van der Waals surface area contributed by atoms with Crippen LogP contribution in [0.2, 0.25) is 0 Å². The Morgan fingerprint density at radius 1 is 1.06 bits per heavy atom. The van der Waals surface area contributed by atoms with Crippen LogP contribution in [0.3, 0.4) is 0 Å². The van der Waals surface area contributed by atoms with Crippen molar-refractivity contribution in [2.45, 2.75) is 59.7 Å². The molecule has 0 saturated heterocycles. The van der Waals surface area contributed by atoms with E-state index in [1.807, 2.05) is 87.2 Å². The third kappa shape index (κ3) is 6.20. The van der Waals surface area contributed by atoms with Gasteiger partial charge in [-0.1, -0.05) is 61.4 Å². The maximum absolute atomic E-state index is 13.8. The van der Waals surface area contributed by atoms with Gasteiger partial charge in [-0.3, -0.25) is 24.0 Å². The van der Waals surface area contributed by atoms with Gasteiger partial charge in [0.25, 0.3) is 5.56 Å². The van der Waals surface area contributed by atoms with Crippen molar-refractivity contribution in [2.24, 2.45) is 0 Å². The van der Waals surface area contributed by atoms with Gasteiger partial charge in [0.15, 0.2) is 5.69 Å². The Labute approximate surface area is 206 Å². The van der Waals surface area contributed by atoms with Crippen LogP contribution in [0.4, 0.5) is 17.2 Å². The first-order valence-corrected chi connectivity index (χ1v) is 12.0. The van der Waals surface area contributed by atoms with Gasteiger partial charge in [-0.2, -0.15) is 0 Å². The van der Waals surface area contributed by atoms with Crippen LogP contribution in [-0.2, 0) is 17.9 Å². The van der Waals surface area contributed by atoms with Crippen molar-refractivity contribution in [1.29, 1.82) is 0 Å². The first-order valence-electron chi connectivity index (χ1n) is 12.0. The standard InChI is InChI=1S/C27H35N5O3/c1-5-6-16-30-25(28)24(26(34)29-27(30)35)32(17-21-10-8-7-9-11-21)23(33)18-31(19(2)3)22-14-12-20(4)13-15-22/h7-15,19H,5-6,16-18,28H2,1-4H3,(H,29,34,35). The fourth-order valence-corrected chi connectivity index (χ4v) is 3.97. The molecule has 3 rings (SSSR count). The van der Waals surface area contributed by atoms with Crippen molar-refractivity contribution >= 4 is 23.1 Å². The molecule has 0 spiro atoms. The molecular formula is C27H35N5O3. The summed E-state index contributed by atoms with van der Waals surface area (Å²) < 4.78 is 1.34. The SMILES string of the molecule is CCCCn1c(N)c(N(Cc2ccccc2)C(=O)CN(c2ccc(C)cc2)C(C)C)c(=O)[nH]c1=O. The van der Waals surface area contributed by atoms with E-state index in [2.05, 4.69) is 4.98 Å². The van der Waals surface area contributed by atoms with Gasteiger partial charge in [0.2, 0.25) is 5.91 Å². The molecule has 0 aliphatic heterocycles. The van der Waals surface area contributed by atoms with Crippen LogP contribution in [0.1, 0.15) is 44.7 Å². The summed E-state index contributed by atoms with van der Waals surface area (Å²) in [6.45, 7) is 8.60. The molecule has 1 heterocycles. The lowest BCUT2D eigenvalue weighted by Crippen LogP contribution is -2.46. The number of carbonyl (C=O) groups excluding carboxylic acids is 1. The molecular weight excluding hydrogens is 442 g/mol. The van der Waals surface area contributed by atoms with E-state index in [1.54, 1.807) is 0 Å². The molecule has 8 heteroatoms.